The molecule has 0 aliphatic carbocycles. The number of ether oxygens (including phenoxy) is 1. The second kappa shape index (κ2) is 8.91. The average Bonchev–Trinajstić information content (AvgIpc) is 3.05. The summed E-state index contributed by atoms with van der Waals surface area (Å²) in [7, 11) is 0. The Balaban J connectivity index is 1.94. The van der Waals surface area contributed by atoms with Crippen molar-refractivity contribution in [2.45, 2.75) is 58.2 Å². The van der Waals surface area contributed by atoms with Gasteiger partial charge in [-0.3, -0.25) is 4.79 Å². The van der Waals surface area contributed by atoms with Crippen molar-refractivity contribution in [2.75, 3.05) is 18.0 Å². The molecule has 8 heteroatoms. The Hall–Kier alpha value is -2.82. The molecule has 1 aliphatic heterocycles. The molecule has 2 amide bonds. The van der Waals surface area contributed by atoms with Crippen LogP contribution >= 0.6 is 0 Å². The third kappa shape index (κ3) is 5.84. The van der Waals surface area contributed by atoms with E-state index in [9.17, 15) is 19.2 Å². The van der Waals surface area contributed by atoms with E-state index in [4.69, 9.17) is 4.74 Å². The Morgan fingerprint density at radius 1 is 1.43 bits per heavy atom. The largest absolute Gasteiger partial charge is 0.444 e. The number of anilines is 1. The van der Waals surface area contributed by atoms with Gasteiger partial charge in [0.15, 0.2) is 0 Å². The molecule has 0 aromatic heterocycles. The van der Waals surface area contributed by atoms with E-state index >= 15 is 0 Å². The van der Waals surface area contributed by atoms with Crippen molar-refractivity contribution in [3.63, 3.8) is 0 Å². The van der Waals surface area contributed by atoms with Gasteiger partial charge in [0.25, 0.3) is 0 Å². The fourth-order valence-corrected chi connectivity index (χ4v) is 3.08. The van der Waals surface area contributed by atoms with E-state index in [0.717, 1.165) is 0 Å². The smallest absolute Gasteiger partial charge is 0.408 e. The fraction of sp³-hybridized carbons (Fsp3) is 0.550. The van der Waals surface area contributed by atoms with Crippen LogP contribution in [0.25, 0.3) is 0 Å². The molecule has 1 fully saturated rings. The first-order valence-corrected chi connectivity index (χ1v) is 9.37. The lowest BCUT2D eigenvalue weighted by Crippen LogP contribution is -2.50. The average molecular weight is 390 g/mol. The van der Waals surface area contributed by atoms with Gasteiger partial charge in [-0.2, -0.15) is 5.26 Å². The molecule has 2 N–H and O–H groups in total. The summed E-state index contributed by atoms with van der Waals surface area (Å²) < 4.78 is 18.5. The van der Waals surface area contributed by atoms with E-state index in [0.29, 0.717) is 31.6 Å². The van der Waals surface area contributed by atoms with E-state index in [1.807, 2.05) is 11.0 Å². The zero-order valence-electron chi connectivity index (χ0n) is 16.7. The third-order valence-corrected chi connectivity index (χ3v) is 4.37. The molecule has 0 radical (unpaired) electrons. The number of nitrogens with zero attached hydrogens (tertiary/aromatic N) is 2. The number of hydrogen-bond donors (Lipinski definition) is 2. The van der Waals surface area contributed by atoms with Gasteiger partial charge in [0.2, 0.25) is 5.91 Å². The molecule has 0 unspecified atom stereocenters. The van der Waals surface area contributed by atoms with Crippen molar-refractivity contribution in [2.24, 2.45) is 0 Å². The number of hydrogen-bond acceptors (Lipinski definition) is 5. The van der Waals surface area contributed by atoms with Crippen molar-refractivity contribution in [3.8, 4) is 6.07 Å². The van der Waals surface area contributed by atoms with Crippen LogP contribution in [0.15, 0.2) is 18.2 Å². The predicted octanol–water partition coefficient (Wildman–Crippen LogP) is 2.70. The molecule has 28 heavy (non-hydrogen) atoms. The quantitative estimate of drug-likeness (QED) is 0.806. The molecule has 1 aromatic carbocycles. The van der Waals surface area contributed by atoms with Crippen LogP contribution in [0.1, 0.15) is 46.1 Å². The van der Waals surface area contributed by atoms with Gasteiger partial charge in [0, 0.05) is 19.1 Å². The minimum atomic E-state index is -0.690. The third-order valence-electron chi connectivity index (χ3n) is 4.37. The monoisotopic (exact) mass is 390 g/mol. The van der Waals surface area contributed by atoms with Gasteiger partial charge in [-0.05, 0) is 51.8 Å². The molecule has 1 aliphatic rings. The molecule has 0 saturated carbocycles. The van der Waals surface area contributed by atoms with Crippen LogP contribution in [0.3, 0.4) is 0 Å². The highest BCUT2D eigenvalue weighted by Gasteiger charge is 2.29. The highest BCUT2D eigenvalue weighted by atomic mass is 19.1. The number of halogens is 1. The van der Waals surface area contributed by atoms with Gasteiger partial charge in [0.05, 0.1) is 11.3 Å². The van der Waals surface area contributed by atoms with Crippen molar-refractivity contribution >= 4 is 17.7 Å². The van der Waals surface area contributed by atoms with Crippen molar-refractivity contribution in [3.05, 3.63) is 29.6 Å². The lowest BCUT2D eigenvalue weighted by molar-refractivity contribution is -0.123. The summed E-state index contributed by atoms with van der Waals surface area (Å²) in [6.07, 6.45) is 0.488. The number of benzene rings is 1. The maximum absolute atomic E-state index is 13.3. The number of nitriles is 1. The highest BCUT2D eigenvalue weighted by molar-refractivity contribution is 5.86. The van der Waals surface area contributed by atoms with Crippen LogP contribution in [0.5, 0.6) is 0 Å². The lowest BCUT2D eigenvalue weighted by Gasteiger charge is -2.24. The molecule has 0 bridgehead atoms. The molecule has 2 rings (SSSR count). The maximum Gasteiger partial charge on any atom is 0.408 e. The van der Waals surface area contributed by atoms with Gasteiger partial charge in [-0.25, -0.2) is 9.18 Å². The molecule has 0 spiro atoms. The molecular formula is C20H27FN4O3. The number of rotatable bonds is 5. The van der Waals surface area contributed by atoms with Crippen molar-refractivity contribution in [1.29, 1.82) is 5.26 Å². The summed E-state index contributed by atoms with van der Waals surface area (Å²) >= 11 is 0. The first kappa shape index (κ1) is 21.5. The van der Waals surface area contributed by atoms with Crippen LogP contribution in [-0.4, -0.2) is 42.8 Å². The highest BCUT2D eigenvalue weighted by Crippen LogP contribution is 2.25. The summed E-state index contributed by atoms with van der Waals surface area (Å²) in [5.41, 5.74) is 0.280. The first-order chi connectivity index (χ1) is 13.1. The Morgan fingerprint density at radius 2 is 2.14 bits per heavy atom. The van der Waals surface area contributed by atoms with E-state index in [1.165, 1.54) is 12.1 Å². The van der Waals surface area contributed by atoms with E-state index in [-0.39, 0.29) is 17.5 Å². The zero-order chi connectivity index (χ0) is 20.9. The minimum absolute atomic E-state index is 0.126. The molecule has 1 aromatic rings. The van der Waals surface area contributed by atoms with Crippen LogP contribution in [-0.2, 0) is 9.53 Å². The number of nitrogens with one attached hydrogen (secondary N) is 2. The number of alkyl carbamates (subject to hydrolysis) is 1. The summed E-state index contributed by atoms with van der Waals surface area (Å²) in [4.78, 5) is 26.4. The lowest BCUT2D eigenvalue weighted by atomic mass is 10.1. The standard InChI is InChI=1S/C20H27FN4O3/c1-5-16(24-19(27)28-20(2,3)4)18(26)23-15-8-9-25(12-15)17-7-6-14(21)10-13(17)11-22/h6-7,10,15-16H,5,8-9,12H2,1-4H3,(H,23,26)(H,24,27)/t15-,16-/m0/s1. The normalized spacial score (nSPS) is 17.6. The Kier molecular flexibility index (Phi) is 6.84. The first-order valence-electron chi connectivity index (χ1n) is 9.37. The summed E-state index contributed by atoms with van der Waals surface area (Å²) in [6, 6.07) is 5.30. The van der Waals surface area contributed by atoms with Gasteiger partial charge < -0.3 is 20.3 Å². The second-order valence-electron chi connectivity index (χ2n) is 7.82. The number of amides is 2. The van der Waals surface area contributed by atoms with Gasteiger partial charge in [-0.1, -0.05) is 6.92 Å². The summed E-state index contributed by atoms with van der Waals surface area (Å²) in [5.74, 6) is -0.733. The number of carbonyl (C=O) groups excluding carboxylic acids is 2. The number of carbonyl (C=O) groups is 2. The predicted molar refractivity (Wildman–Crippen MR) is 103 cm³/mol. The molecule has 1 heterocycles. The van der Waals surface area contributed by atoms with E-state index < -0.39 is 23.6 Å². The maximum atomic E-state index is 13.3. The van der Waals surface area contributed by atoms with Gasteiger partial charge >= 0.3 is 6.09 Å². The molecule has 1 saturated heterocycles. The molecule has 2 atom stereocenters. The van der Waals surface area contributed by atoms with Crippen LogP contribution < -0.4 is 15.5 Å². The zero-order valence-corrected chi connectivity index (χ0v) is 16.7. The van der Waals surface area contributed by atoms with Crippen LogP contribution in [0.4, 0.5) is 14.9 Å². The Labute approximate surface area is 164 Å². The van der Waals surface area contributed by atoms with Crippen molar-refractivity contribution in [1.82, 2.24) is 10.6 Å². The molecule has 152 valence electrons. The SMILES string of the molecule is CC[C@H](NC(=O)OC(C)(C)C)C(=O)N[C@H]1CCN(c2ccc(F)cc2C#N)C1. The molecular weight excluding hydrogens is 363 g/mol. The Morgan fingerprint density at radius 3 is 2.75 bits per heavy atom. The molecule has 7 nitrogen and oxygen atoms in total. The minimum Gasteiger partial charge on any atom is -0.444 e. The van der Waals surface area contributed by atoms with Crippen molar-refractivity contribution < 1.29 is 18.7 Å². The summed E-state index contributed by atoms with van der Waals surface area (Å²) in [6.45, 7) is 8.22. The van der Waals surface area contributed by atoms with E-state index in [2.05, 4.69) is 10.6 Å². The van der Waals surface area contributed by atoms with Gasteiger partial charge in [0.1, 0.15) is 23.5 Å². The van der Waals surface area contributed by atoms with Gasteiger partial charge in [-0.15, -0.1) is 0 Å². The fourth-order valence-electron chi connectivity index (χ4n) is 3.08. The summed E-state index contributed by atoms with van der Waals surface area (Å²) in [5, 5.41) is 14.8. The Bertz CT molecular complexity index is 770. The second-order valence-corrected chi connectivity index (χ2v) is 7.82. The van der Waals surface area contributed by atoms with E-state index in [1.54, 1.807) is 33.8 Å². The van der Waals surface area contributed by atoms with Crippen LogP contribution in [0.2, 0.25) is 0 Å². The topological polar surface area (TPSA) is 94.5 Å². The van der Waals surface area contributed by atoms with Crippen LogP contribution in [0, 0.1) is 17.1 Å².